The number of carbonyl (C=O) groups excluding carboxylic acids is 2. The summed E-state index contributed by atoms with van der Waals surface area (Å²) in [5.41, 5.74) is 0.684. The maximum atomic E-state index is 13.1. The number of halogens is 4. The lowest BCUT2D eigenvalue weighted by Crippen LogP contribution is -2.42. The van der Waals surface area contributed by atoms with Crippen LogP contribution in [0.25, 0.3) is 0 Å². The van der Waals surface area contributed by atoms with Gasteiger partial charge in [-0.1, -0.05) is 29.3 Å². The number of benzene rings is 2. The highest BCUT2D eigenvalue weighted by Gasteiger charge is 2.16. The molecule has 0 aliphatic carbocycles. The minimum atomic E-state index is -0.569. The SMILES string of the molecule is O=C(COc1ccc(Cl)c(F)c1)NC1CCCOC1.O=CNCc1ccc(Cl)c(F)c1. The zero-order valence-electron chi connectivity index (χ0n) is 16.5. The average molecular weight is 475 g/mol. The number of carbonyl (C=O) groups is 2. The highest BCUT2D eigenvalue weighted by atomic mass is 35.5. The quantitative estimate of drug-likeness (QED) is 0.597. The summed E-state index contributed by atoms with van der Waals surface area (Å²) in [6, 6.07) is 8.49. The molecule has 0 bridgehead atoms. The first-order valence-corrected chi connectivity index (χ1v) is 10.2. The Labute approximate surface area is 188 Å². The zero-order chi connectivity index (χ0) is 22.6. The van der Waals surface area contributed by atoms with Crippen LogP contribution in [0.1, 0.15) is 18.4 Å². The van der Waals surface area contributed by atoms with Crippen molar-refractivity contribution in [2.24, 2.45) is 0 Å². The Morgan fingerprint density at radius 3 is 2.48 bits per heavy atom. The van der Waals surface area contributed by atoms with Gasteiger partial charge in [0.25, 0.3) is 5.91 Å². The van der Waals surface area contributed by atoms with E-state index in [2.05, 4.69) is 10.6 Å². The van der Waals surface area contributed by atoms with Gasteiger partial charge in [-0.05, 0) is 42.7 Å². The normalized spacial score (nSPS) is 15.3. The fraction of sp³-hybridized carbons (Fsp3) is 0.333. The molecule has 0 saturated carbocycles. The van der Waals surface area contributed by atoms with E-state index in [1.165, 1.54) is 24.3 Å². The standard InChI is InChI=1S/C13H15ClFNO3.C8H7ClFNO/c14-11-4-3-10(6-12(11)15)19-8-13(17)16-9-2-1-5-18-7-9;9-7-2-1-6(3-8(7)10)4-11-5-12/h3-4,6,9H,1-2,5,7-8H2,(H,16,17);1-3,5H,4H2,(H,11,12). The van der Waals surface area contributed by atoms with Crippen LogP contribution in [0, 0.1) is 11.6 Å². The van der Waals surface area contributed by atoms with Crippen LogP contribution in [0.5, 0.6) is 5.75 Å². The predicted molar refractivity (Wildman–Crippen MR) is 113 cm³/mol. The summed E-state index contributed by atoms with van der Waals surface area (Å²) < 4.78 is 36.4. The molecule has 168 valence electrons. The van der Waals surface area contributed by atoms with Gasteiger partial charge in [-0.15, -0.1) is 0 Å². The Balaban J connectivity index is 0.000000245. The third-order valence-corrected chi connectivity index (χ3v) is 4.77. The van der Waals surface area contributed by atoms with Gasteiger partial charge in [0.2, 0.25) is 6.41 Å². The average Bonchev–Trinajstić information content (AvgIpc) is 2.76. The van der Waals surface area contributed by atoms with Gasteiger partial charge in [0, 0.05) is 19.2 Å². The maximum Gasteiger partial charge on any atom is 0.258 e. The molecular formula is C21H22Cl2F2N2O4. The molecule has 1 heterocycles. The number of amides is 2. The van der Waals surface area contributed by atoms with Crippen LogP contribution in [0.2, 0.25) is 10.0 Å². The number of hydrogen-bond acceptors (Lipinski definition) is 4. The van der Waals surface area contributed by atoms with Crippen LogP contribution in [-0.2, 0) is 20.9 Å². The summed E-state index contributed by atoms with van der Waals surface area (Å²) in [5.74, 6) is -1.01. The first-order chi connectivity index (χ1) is 14.9. The van der Waals surface area contributed by atoms with Crippen molar-refractivity contribution in [2.45, 2.75) is 25.4 Å². The molecule has 10 heteroatoms. The molecule has 31 heavy (non-hydrogen) atoms. The van der Waals surface area contributed by atoms with Crippen LogP contribution >= 0.6 is 23.2 Å². The molecule has 0 radical (unpaired) electrons. The summed E-state index contributed by atoms with van der Waals surface area (Å²) in [7, 11) is 0. The molecule has 1 unspecified atom stereocenters. The first kappa shape index (κ1) is 24.8. The fourth-order valence-electron chi connectivity index (χ4n) is 2.65. The summed E-state index contributed by atoms with van der Waals surface area (Å²) in [6.45, 7) is 1.43. The Hall–Kier alpha value is -2.42. The fourth-order valence-corrected chi connectivity index (χ4v) is 2.88. The van der Waals surface area contributed by atoms with E-state index in [1.807, 2.05) is 0 Å². The maximum absolute atomic E-state index is 13.1. The van der Waals surface area contributed by atoms with Crippen molar-refractivity contribution in [1.82, 2.24) is 10.6 Å². The molecule has 2 aromatic rings. The third-order valence-electron chi connectivity index (χ3n) is 4.16. The Morgan fingerprint density at radius 1 is 1.16 bits per heavy atom. The molecule has 1 fully saturated rings. The molecule has 6 nitrogen and oxygen atoms in total. The van der Waals surface area contributed by atoms with Crippen molar-refractivity contribution in [3.05, 3.63) is 63.6 Å². The van der Waals surface area contributed by atoms with Gasteiger partial charge in [-0.25, -0.2) is 8.78 Å². The minimum absolute atomic E-state index is 0.0242. The molecule has 0 aromatic heterocycles. The van der Waals surface area contributed by atoms with Gasteiger partial charge in [0.1, 0.15) is 17.4 Å². The molecule has 2 amide bonds. The second-order valence-corrected chi connectivity index (χ2v) is 7.41. The number of ether oxygens (including phenoxy) is 2. The van der Waals surface area contributed by atoms with E-state index in [4.69, 9.17) is 32.7 Å². The van der Waals surface area contributed by atoms with E-state index in [-0.39, 0.29) is 34.4 Å². The molecule has 1 saturated heterocycles. The van der Waals surface area contributed by atoms with Crippen molar-refractivity contribution < 1.29 is 27.8 Å². The van der Waals surface area contributed by atoms with E-state index >= 15 is 0 Å². The molecular weight excluding hydrogens is 453 g/mol. The monoisotopic (exact) mass is 474 g/mol. The molecule has 0 spiro atoms. The second-order valence-electron chi connectivity index (χ2n) is 6.59. The van der Waals surface area contributed by atoms with Gasteiger partial charge in [0.05, 0.1) is 22.7 Å². The van der Waals surface area contributed by atoms with E-state index < -0.39 is 11.6 Å². The van der Waals surface area contributed by atoms with Crippen molar-refractivity contribution in [2.75, 3.05) is 19.8 Å². The minimum Gasteiger partial charge on any atom is -0.484 e. The summed E-state index contributed by atoms with van der Waals surface area (Å²) in [5, 5.41) is 5.34. The second kappa shape index (κ2) is 13.1. The predicted octanol–water partition coefficient (Wildman–Crippen LogP) is 3.88. The topological polar surface area (TPSA) is 76.7 Å². The smallest absolute Gasteiger partial charge is 0.258 e. The molecule has 2 N–H and O–H groups in total. The van der Waals surface area contributed by atoms with E-state index in [1.54, 1.807) is 6.07 Å². The lowest BCUT2D eigenvalue weighted by molar-refractivity contribution is -0.124. The molecule has 2 aromatic carbocycles. The third kappa shape index (κ3) is 9.08. The number of hydrogen-bond donors (Lipinski definition) is 2. The van der Waals surface area contributed by atoms with Gasteiger partial charge >= 0.3 is 0 Å². The van der Waals surface area contributed by atoms with Crippen LogP contribution in [0.15, 0.2) is 36.4 Å². The van der Waals surface area contributed by atoms with Crippen LogP contribution in [-0.4, -0.2) is 38.2 Å². The van der Waals surface area contributed by atoms with E-state index in [9.17, 15) is 18.4 Å². The van der Waals surface area contributed by atoms with Crippen LogP contribution < -0.4 is 15.4 Å². The highest BCUT2D eigenvalue weighted by Crippen LogP contribution is 2.20. The van der Waals surface area contributed by atoms with Gasteiger partial charge in [-0.3, -0.25) is 9.59 Å². The van der Waals surface area contributed by atoms with Gasteiger partial charge < -0.3 is 20.1 Å². The van der Waals surface area contributed by atoms with Gasteiger partial charge in [0.15, 0.2) is 6.61 Å². The van der Waals surface area contributed by atoms with Gasteiger partial charge in [-0.2, -0.15) is 0 Å². The van der Waals surface area contributed by atoms with Crippen LogP contribution in [0.4, 0.5) is 8.78 Å². The summed E-state index contributed by atoms with van der Waals surface area (Å²) in [4.78, 5) is 21.5. The summed E-state index contributed by atoms with van der Waals surface area (Å²) in [6.07, 6.45) is 2.40. The highest BCUT2D eigenvalue weighted by molar-refractivity contribution is 6.31. The zero-order valence-corrected chi connectivity index (χ0v) is 18.0. The van der Waals surface area contributed by atoms with Crippen molar-refractivity contribution in [1.29, 1.82) is 0 Å². The number of nitrogens with one attached hydrogen (secondary N) is 2. The Morgan fingerprint density at radius 2 is 1.87 bits per heavy atom. The van der Waals surface area contributed by atoms with E-state index in [0.717, 1.165) is 25.5 Å². The Bertz CT molecular complexity index is 880. The first-order valence-electron chi connectivity index (χ1n) is 9.45. The molecule has 3 rings (SSSR count). The largest absolute Gasteiger partial charge is 0.484 e. The van der Waals surface area contributed by atoms with Crippen molar-refractivity contribution >= 4 is 35.5 Å². The lowest BCUT2D eigenvalue weighted by Gasteiger charge is -2.23. The van der Waals surface area contributed by atoms with Crippen molar-refractivity contribution in [3.63, 3.8) is 0 Å². The molecule has 1 aliphatic rings. The number of rotatable bonds is 7. The summed E-state index contributed by atoms with van der Waals surface area (Å²) >= 11 is 11.0. The Kier molecular flexibility index (Phi) is 10.5. The molecule has 1 aliphatic heterocycles. The van der Waals surface area contributed by atoms with Crippen LogP contribution in [0.3, 0.4) is 0 Å². The molecule has 1 atom stereocenters. The van der Waals surface area contributed by atoms with E-state index in [0.29, 0.717) is 25.1 Å². The lowest BCUT2D eigenvalue weighted by atomic mass is 10.1. The van der Waals surface area contributed by atoms with Crippen molar-refractivity contribution in [3.8, 4) is 5.75 Å².